The summed E-state index contributed by atoms with van der Waals surface area (Å²) in [5, 5.41) is 11.4. The Kier molecular flexibility index (Phi) is 9.46. The lowest BCUT2D eigenvalue weighted by molar-refractivity contribution is 0.506. The highest BCUT2D eigenvalue weighted by atomic mass is 127. The topological polar surface area (TPSA) is 110 Å². The maximum atomic E-state index is 13.9. The quantitative estimate of drug-likeness (QED) is 0.224. The summed E-state index contributed by atoms with van der Waals surface area (Å²) >= 11 is 0. The van der Waals surface area contributed by atoms with Gasteiger partial charge < -0.3 is 15.1 Å². The average Bonchev–Trinajstić information content (AvgIpc) is 3.24. The minimum atomic E-state index is -3.73. The first-order valence-electron chi connectivity index (χ1n) is 9.31. The molecule has 4 N–H and O–H groups in total. The van der Waals surface area contributed by atoms with Crippen LogP contribution in [0.15, 0.2) is 81.2 Å². The van der Waals surface area contributed by atoms with Gasteiger partial charge in [0.2, 0.25) is 10.0 Å². The van der Waals surface area contributed by atoms with E-state index in [1.807, 2.05) is 12.1 Å². The van der Waals surface area contributed by atoms with Gasteiger partial charge in [-0.3, -0.25) is 0 Å². The molecule has 0 bridgehead atoms. The summed E-state index contributed by atoms with van der Waals surface area (Å²) in [6.07, 6.45) is 2.28. The molecule has 1 aromatic heterocycles. The zero-order valence-corrected chi connectivity index (χ0v) is 19.8. The minimum absolute atomic E-state index is 0. The van der Waals surface area contributed by atoms with Crippen LogP contribution in [0.3, 0.4) is 0 Å². The molecule has 0 aliphatic rings. The van der Waals surface area contributed by atoms with Crippen molar-refractivity contribution in [1.82, 2.24) is 10.6 Å². The van der Waals surface area contributed by atoms with Gasteiger partial charge in [-0.25, -0.2) is 22.9 Å². The molecule has 0 aliphatic heterocycles. The molecule has 1 heterocycles. The Morgan fingerprint density at radius 3 is 2.42 bits per heavy atom. The molecule has 0 fully saturated rings. The van der Waals surface area contributed by atoms with E-state index in [0.29, 0.717) is 31.0 Å². The van der Waals surface area contributed by atoms with E-state index in [9.17, 15) is 12.8 Å². The summed E-state index contributed by atoms with van der Waals surface area (Å²) in [4.78, 5) is 4.56. The molecule has 3 rings (SSSR count). The van der Waals surface area contributed by atoms with Gasteiger partial charge in [-0.05, 0) is 35.9 Å². The molecule has 166 valence electrons. The van der Waals surface area contributed by atoms with Gasteiger partial charge in [0.25, 0.3) is 0 Å². The molecule has 0 spiro atoms. The molecular weight excluding hydrogens is 534 g/mol. The summed E-state index contributed by atoms with van der Waals surface area (Å²) in [5.74, 6) is 1.05. The molecule has 7 nitrogen and oxygen atoms in total. The number of benzene rings is 2. The highest BCUT2D eigenvalue weighted by Gasteiger charge is 2.07. The first-order chi connectivity index (χ1) is 14.4. The van der Waals surface area contributed by atoms with Crippen molar-refractivity contribution in [2.45, 2.75) is 24.4 Å². The number of hydrogen-bond donors (Lipinski definition) is 3. The fourth-order valence-corrected chi connectivity index (χ4v) is 3.22. The average molecular weight is 558 g/mol. The number of halogens is 2. The van der Waals surface area contributed by atoms with E-state index in [1.54, 1.807) is 36.6 Å². The Morgan fingerprint density at radius 2 is 1.77 bits per heavy atom. The van der Waals surface area contributed by atoms with Crippen molar-refractivity contribution in [3.05, 3.63) is 89.6 Å². The van der Waals surface area contributed by atoms with Crippen LogP contribution in [-0.2, 0) is 29.5 Å². The predicted octanol–water partition coefficient (Wildman–Crippen LogP) is 3.16. The van der Waals surface area contributed by atoms with Crippen LogP contribution in [0.1, 0.15) is 16.9 Å². The Morgan fingerprint density at radius 1 is 1.03 bits per heavy atom. The molecule has 0 atom stereocenters. The SMILES string of the molecule is I.NS(=O)(=O)c1ccc(CN=C(NCCc2ccco2)NCc2ccccc2F)cc1. The van der Waals surface area contributed by atoms with E-state index in [-0.39, 0.29) is 41.2 Å². The third kappa shape index (κ3) is 7.96. The number of furan rings is 1. The Balaban J connectivity index is 0.00000341. The van der Waals surface area contributed by atoms with Gasteiger partial charge in [-0.2, -0.15) is 0 Å². The van der Waals surface area contributed by atoms with Gasteiger partial charge in [-0.15, -0.1) is 24.0 Å². The van der Waals surface area contributed by atoms with Gasteiger partial charge in [-0.1, -0.05) is 30.3 Å². The number of sulfonamides is 1. The number of nitrogens with two attached hydrogens (primary N) is 1. The zero-order chi connectivity index (χ0) is 21.4. The number of primary sulfonamides is 1. The third-order valence-corrected chi connectivity index (χ3v) is 5.25. The number of guanidine groups is 1. The molecule has 31 heavy (non-hydrogen) atoms. The van der Waals surface area contributed by atoms with E-state index in [2.05, 4.69) is 15.6 Å². The van der Waals surface area contributed by atoms with Crippen LogP contribution >= 0.6 is 24.0 Å². The monoisotopic (exact) mass is 558 g/mol. The second-order valence-electron chi connectivity index (χ2n) is 6.55. The minimum Gasteiger partial charge on any atom is -0.469 e. The first kappa shape index (κ1) is 24.8. The summed E-state index contributed by atoms with van der Waals surface area (Å²) in [7, 11) is -3.73. The fraction of sp³-hybridized carbons (Fsp3) is 0.190. The Labute approximate surface area is 198 Å². The number of nitrogens with zero attached hydrogens (tertiary/aromatic N) is 1. The zero-order valence-electron chi connectivity index (χ0n) is 16.6. The van der Waals surface area contributed by atoms with Crippen molar-refractivity contribution in [3.63, 3.8) is 0 Å². The standard InChI is InChI=1S/C21H23FN4O3S.HI/c22-20-6-2-1-4-17(20)15-26-21(24-12-11-18-5-3-13-29-18)25-14-16-7-9-19(10-8-16)30(23,27)28;/h1-10,13H,11-12,14-15H2,(H2,23,27,28)(H2,24,25,26);1H. The lowest BCUT2D eigenvalue weighted by Gasteiger charge is -2.13. The molecule has 0 radical (unpaired) electrons. The smallest absolute Gasteiger partial charge is 0.238 e. The first-order valence-corrected chi connectivity index (χ1v) is 10.9. The van der Waals surface area contributed by atoms with Crippen LogP contribution in [0.5, 0.6) is 0 Å². The van der Waals surface area contributed by atoms with Gasteiger partial charge in [0.15, 0.2) is 5.96 Å². The number of hydrogen-bond acceptors (Lipinski definition) is 4. The van der Waals surface area contributed by atoms with E-state index in [1.165, 1.54) is 18.2 Å². The summed E-state index contributed by atoms with van der Waals surface area (Å²) < 4.78 is 41.9. The van der Waals surface area contributed by atoms with E-state index >= 15 is 0 Å². The Hall–Kier alpha value is -2.44. The molecule has 10 heteroatoms. The van der Waals surface area contributed by atoms with E-state index in [4.69, 9.17) is 9.56 Å². The van der Waals surface area contributed by atoms with Crippen molar-refractivity contribution in [2.75, 3.05) is 6.54 Å². The lowest BCUT2D eigenvalue weighted by Crippen LogP contribution is -2.38. The summed E-state index contributed by atoms with van der Waals surface area (Å²) in [5.41, 5.74) is 1.33. The maximum absolute atomic E-state index is 13.9. The highest BCUT2D eigenvalue weighted by molar-refractivity contribution is 14.0. The highest BCUT2D eigenvalue weighted by Crippen LogP contribution is 2.10. The Bertz CT molecular complexity index is 1090. The van der Waals surface area contributed by atoms with Crippen LogP contribution in [0, 0.1) is 5.82 Å². The maximum Gasteiger partial charge on any atom is 0.238 e. The van der Waals surface area contributed by atoms with Crippen LogP contribution in [0.4, 0.5) is 4.39 Å². The second-order valence-corrected chi connectivity index (χ2v) is 8.12. The molecular formula is C21H24FIN4O3S. The van der Waals surface area contributed by atoms with Crippen LogP contribution in [-0.4, -0.2) is 20.9 Å². The van der Waals surface area contributed by atoms with Crippen molar-refractivity contribution in [3.8, 4) is 0 Å². The number of aliphatic imine (C=N–C) groups is 1. The normalized spacial score (nSPS) is 11.6. The molecule has 0 unspecified atom stereocenters. The molecule has 2 aromatic carbocycles. The van der Waals surface area contributed by atoms with E-state index in [0.717, 1.165) is 11.3 Å². The summed E-state index contributed by atoms with van der Waals surface area (Å²) in [6, 6.07) is 16.4. The van der Waals surface area contributed by atoms with Gasteiger partial charge in [0.1, 0.15) is 11.6 Å². The van der Waals surface area contributed by atoms with Crippen LogP contribution in [0.2, 0.25) is 0 Å². The number of nitrogens with one attached hydrogen (secondary N) is 2. The molecule has 0 saturated carbocycles. The molecule has 0 amide bonds. The van der Waals surface area contributed by atoms with Crippen molar-refractivity contribution < 1.29 is 17.2 Å². The third-order valence-electron chi connectivity index (χ3n) is 4.32. The van der Waals surface area contributed by atoms with Crippen LogP contribution < -0.4 is 15.8 Å². The summed E-state index contributed by atoms with van der Waals surface area (Å²) in [6.45, 7) is 1.14. The molecule has 3 aromatic rings. The van der Waals surface area contributed by atoms with Crippen LogP contribution in [0.25, 0.3) is 0 Å². The van der Waals surface area contributed by atoms with Crippen molar-refractivity contribution >= 4 is 40.0 Å². The van der Waals surface area contributed by atoms with Crippen molar-refractivity contribution in [2.24, 2.45) is 10.1 Å². The van der Waals surface area contributed by atoms with Crippen molar-refractivity contribution in [1.29, 1.82) is 0 Å². The van der Waals surface area contributed by atoms with Gasteiger partial charge in [0.05, 0.1) is 17.7 Å². The second kappa shape index (κ2) is 11.8. The largest absolute Gasteiger partial charge is 0.469 e. The van der Waals surface area contributed by atoms with E-state index < -0.39 is 10.0 Å². The molecule has 0 saturated heterocycles. The fourth-order valence-electron chi connectivity index (χ4n) is 2.71. The predicted molar refractivity (Wildman–Crippen MR) is 128 cm³/mol. The van der Waals surface area contributed by atoms with Gasteiger partial charge in [0, 0.05) is 25.1 Å². The lowest BCUT2D eigenvalue weighted by atomic mass is 10.2. The number of rotatable bonds is 8. The van der Waals surface area contributed by atoms with Gasteiger partial charge >= 0.3 is 0 Å². The molecule has 0 aliphatic carbocycles.